The van der Waals surface area contributed by atoms with Crippen molar-refractivity contribution >= 4 is 11.6 Å². The van der Waals surface area contributed by atoms with Gasteiger partial charge < -0.3 is 10.2 Å². The van der Waals surface area contributed by atoms with E-state index < -0.39 is 0 Å². The quantitative estimate of drug-likeness (QED) is 0.778. The highest BCUT2D eigenvalue weighted by atomic mass is 15.3. The maximum absolute atomic E-state index is 4.08. The molecule has 0 fully saturated rings. The van der Waals surface area contributed by atoms with Crippen LogP contribution in [0.4, 0.5) is 11.6 Å². The second kappa shape index (κ2) is 3.82. The number of hydrogen-bond donors (Lipinski definition) is 1. The van der Waals surface area contributed by atoms with E-state index in [-0.39, 0.29) is 5.54 Å². The zero-order valence-corrected chi connectivity index (χ0v) is 9.50. The summed E-state index contributed by atoms with van der Waals surface area (Å²) in [6, 6.07) is 3.88. The fourth-order valence-corrected chi connectivity index (χ4v) is 1.01. The highest BCUT2D eigenvalue weighted by Crippen LogP contribution is 2.13. The van der Waals surface area contributed by atoms with Crippen LogP contribution in [-0.2, 0) is 0 Å². The molecule has 0 unspecified atom stereocenters. The first kappa shape index (κ1) is 10.8. The second-order valence-electron chi connectivity index (χ2n) is 4.55. The third-order valence-electron chi connectivity index (χ3n) is 1.61. The molecule has 0 spiro atoms. The summed E-state index contributed by atoms with van der Waals surface area (Å²) < 4.78 is 0. The zero-order chi connectivity index (χ0) is 10.8. The molecule has 1 aromatic heterocycles. The van der Waals surface area contributed by atoms with E-state index in [4.69, 9.17) is 0 Å². The molecule has 1 heterocycles. The smallest absolute Gasteiger partial charge is 0.150 e. The van der Waals surface area contributed by atoms with Crippen molar-refractivity contribution in [2.45, 2.75) is 26.3 Å². The molecule has 0 aliphatic rings. The topological polar surface area (TPSA) is 41.0 Å². The molecule has 0 amide bonds. The summed E-state index contributed by atoms with van der Waals surface area (Å²) in [7, 11) is 3.89. The van der Waals surface area contributed by atoms with Crippen LogP contribution in [0, 0.1) is 0 Å². The Morgan fingerprint density at radius 3 is 2.14 bits per heavy atom. The highest BCUT2D eigenvalue weighted by molar-refractivity contribution is 5.43. The first-order chi connectivity index (χ1) is 6.38. The molecule has 0 radical (unpaired) electrons. The van der Waals surface area contributed by atoms with E-state index in [1.807, 2.05) is 31.1 Å². The van der Waals surface area contributed by atoms with Gasteiger partial charge in [-0.3, -0.25) is 0 Å². The highest BCUT2D eigenvalue weighted by Gasteiger charge is 2.10. The normalized spacial score (nSPS) is 11.2. The van der Waals surface area contributed by atoms with Gasteiger partial charge in [0.15, 0.2) is 5.82 Å². The van der Waals surface area contributed by atoms with E-state index >= 15 is 0 Å². The van der Waals surface area contributed by atoms with Crippen molar-refractivity contribution < 1.29 is 0 Å². The lowest BCUT2D eigenvalue weighted by molar-refractivity contribution is 0.628. The lowest BCUT2D eigenvalue weighted by Crippen LogP contribution is -2.27. The van der Waals surface area contributed by atoms with Crippen LogP contribution >= 0.6 is 0 Å². The molecule has 1 rings (SSSR count). The molecule has 0 saturated heterocycles. The van der Waals surface area contributed by atoms with Crippen LogP contribution in [0.25, 0.3) is 0 Å². The molecular formula is C10H18N4. The maximum atomic E-state index is 4.08. The Hall–Kier alpha value is -1.32. The van der Waals surface area contributed by atoms with E-state index in [1.54, 1.807) is 0 Å². The van der Waals surface area contributed by atoms with Gasteiger partial charge in [0.25, 0.3) is 0 Å². The van der Waals surface area contributed by atoms with Gasteiger partial charge in [0.05, 0.1) is 0 Å². The molecule has 0 aromatic carbocycles. The van der Waals surface area contributed by atoms with Crippen molar-refractivity contribution in [1.82, 2.24) is 10.2 Å². The van der Waals surface area contributed by atoms with E-state index in [2.05, 4.69) is 36.3 Å². The van der Waals surface area contributed by atoms with Gasteiger partial charge in [0, 0.05) is 19.6 Å². The van der Waals surface area contributed by atoms with E-state index in [0.717, 1.165) is 11.6 Å². The van der Waals surface area contributed by atoms with Crippen LogP contribution in [0.2, 0.25) is 0 Å². The molecule has 0 atom stereocenters. The van der Waals surface area contributed by atoms with Gasteiger partial charge in [-0.15, -0.1) is 10.2 Å². The molecule has 0 saturated carbocycles. The third kappa shape index (κ3) is 3.20. The lowest BCUT2D eigenvalue weighted by atomic mass is 10.1. The lowest BCUT2D eigenvalue weighted by Gasteiger charge is -2.21. The van der Waals surface area contributed by atoms with Gasteiger partial charge in [-0.25, -0.2) is 0 Å². The summed E-state index contributed by atoms with van der Waals surface area (Å²) in [5.41, 5.74) is 0.0221. The van der Waals surface area contributed by atoms with E-state index in [9.17, 15) is 0 Å². The average molecular weight is 194 g/mol. The summed E-state index contributed by atoms with van der Waals surface area (Å²) >= 11 is 0. The van der Waals surface area contributed by atoms with Crippen LogP contribution < -0.4 is 10.2 Å². The second-order valence-corrected chi connectivity index (χ2v) is 4.55. The number of hydrogen-bond acceptors (Lipinski definition) is 4. The summed E-state index contributed by atoms with van der Waals surface area (Å²) in [4.78, 5) is 1.92. The number of aromatic nitrogens is 2. The van der Waals surface area contributed by atoms with Gasteiger partial charge in [0.1, 0.15) is 5.82 Å². The molecule has 1 aromatic rings. The Morgan fingerprint density at radius 1 is 1.14 bits per heavy atom. The summed E-state index contributed by atoms with van der Waals surface area (Å²) in [5.74, 6) is 1.67. The number of nitrogens with zero attached hydrogens (tertiary/aromatic N) is 3. The molecule has 4 nitrogen and oxygen atoms in total. The Kier molecular flexibility index (Phi) is 2.93. The molecule has 0 aliphatic heterocycles. The van der Waals surface area contributed by atoms with Crippen molar-refractivity contribution in [2.75, 3.05) is 24.3 Å². The van der Waals surface area contributed by atoms with Crippen molar-refractivity contribution in [3.8, 4) is 0 Å². The first-order valence-electron chi connectivity index (χ1n) is 4.68. The Bertz CT molecular complexity index is 284. The standard InChI is InChI=1S/C10H18N4/c1-10(2,3)11-8-6-7-9(13-12-8)14(4)5/h6-7H,1-5H3,(H,11,12). The van der Waals surface area contributed by atoms with E-state index in [1.165, 1.54) is 0 Å². The fourth-order valence-electron chi connectivity index (χ4n) is 1.01. The molecule has 0 aliphatic carbocycles. The minimum absolute atomic E-state index is 0.0221. The predicted molar refractivity (Wildman–Crippen MR) is 59.7 cm³/mol. The van der Waals surface area contributed by atoms with Gasteiger partial charge in [0.2, 0.25) is 0 Å². The average Bonchev–Trinajstić information content (AvgIpc) is 2.02. The summed E-state index contributed by atoms with van der Waals surface area (Å²) in [6.45, 7) is 6.28. The Morgan fingerprint density at radius 2 is 1.79 bits per heavy atom. The molecule has 14 heavy (non-hydrogen) atoms. The van der Waals surface area contributed by atoms with Crippen molar-refractivity contribution in [3.63, 3.8) is 0 Å². The largest absolute Gasteiger partial charge is 0.364 e. The Labute approximate surface area is 85.3 Å². The third-order valence-corrected chi connectivity index (χ3v) is 1.61. The molecule has 0 bridgehead atoms. The van der Waals surface area contributed by atoms with Crippen LogP contribution in [0.1, 0.15) is 20.8 Å². The van der Waals surface area contributed by atoms with Crippen LogP contribution in [0.3, 0.4) is 0 Å². The van der Waals surface area contributed by atoms with Gasteiger partial charge >= 0.3 is 0 Å². The first-order valence-corrected chi connectivity index (χ1v) is 4.68. The molecule has 1 N–H and O–H groups in total. The van der Waals surface area contributed by atoms with Gasteiger partial charge in [-0.05, 0) is 32.9 Å². The monoisotopic (exact) mass is 194 g/mol. The fraction of sp³-hybridized carbons (Fsp3) is 0.600. The van der Waals surface area contributed by atoms with E-state index in [0.29, 0.717) is 0 Å². The number of anilines is 2. The van der Waals surface area contributed by atoms with Crippen molar-refractivity contribution in [2.24, 2.45) is 0 Å². The minimum Gasteiger partial charge on any atom is -0.364 e. The SMILES string of the molecule is CN(C)c1ccc(NC(C)(C)C)nn1. The minimum atomic E-state index is 0.0221. The zero-order valence-electron chi connectivity index (χ0n) is 9.50. The van der Waals surface area contributed by atoms with Crippen LogP contribution in [-0.4, -0.2) is 29.8 Å². The summed E-state index contributed by atoms with van der Waals surface area (Å²) in [5, 5.41) is 11.4. The van der Waals surface area contributed by atoms with Crippen molar-refractivity contribution in [3.05, 3.63) is 12.1 Å². The molecular weight excluding hydrogens is 176 g/mol. The summed E-state index contributed by atoms with van der Waals surface area (Å²) in [6.07, 6.45) is 0. The predicted octanol–water partition coefficient (Wildman–Crippen LogP) is 1.75. The maximum Gasteiger partial charge on any atom is 0.150 e. The Balaban J connectivity index is 2.74. The molecule has 78 valence electrons. The van der Waals surface area contributed by atoms with Gasteiger partial charge in [-0.2, -0.15) is 0 Å². The van der Waals surface area contributed by atoms with Crippen LogP contribution in [0.15, 0.2) is 12.1 Å². The number of nitrogens with one attached hydrogen (secondary N) is 1. The molecule has 4 heteroatoms. The van der Waals surface area contributed by atoms with Gasteiger partial charge in [-0.1, -0.05) is 0 Å². The van der Waals surface area contributed by atoms with Crippen molar-refractivity contribution in [1.29, 1.82) is 0 Å². The number of rotatable bonds is 2. The van der Waals surface area contributed by atoms with Crippen LogP contribution in [0.5, 0.6) is 0 Å².